The molecule has 1 heterocycles. The van der Waals surface area contributed by atoms with Gasteiger partial charge in [-0.3, -0.25) is 4.79 Å². The van der Waals surface area contributed by atoms with Gasteiger partial charge in [-0.15, -0.1) is 0 Å². The van der Waals surface area contributed by atoms with Gasteiger partial charge < -0.3 is 5.11 Å². The molecule has 1 aliphatic rings. The lowest BCUT2D eigenvalue weighted by atomic mass is 10.1. The smallest absolute Gasteiger partial charge is 0.321 e. The molecule has 1 saturated heterocycles. The quantitative estimate of drug-likeness (QED) is 0.718. The van der Waals surface area contributed by atoms with Crippen molar-refractivity contribution in [3.8, 4) is 0 Å². The zero-order valence-corrected chi connectivity index (χ0v) is 8.66. The van der Waals surface area contributed by atoms with Crippen molar-refractivity contribution in [2.24, 2.45) is 0 Å². The molecule has 0 saturated carbocycles. The first-order valence-corrected chi connectivity index (χ1v) is 6.47. The molecule has 0 amide bonds. The second-order valence-electron chi connectivity index (χ2n) is 2.91. The Kier molecular flexibility index (Phi) is 3.61. The van der Waals surface area contributed by atoms with Gasteiger partial charge in [0.15, 0.2) is 0 Å². The number of carbonyl (C=O) groups is 1. The van der Waals surface area contributed by atoms with E-state index in [1.165, 1.54) is 0 Å². The summed E-state index contributed by atoms with van der Waals surface area (Å²) < 4.78 is 1.92. The summed E-state index contributed by atoms with van der Waals surface area (Å²) in [6, 6.07) is -0.329. The van der Waals surface area contributed by atoms with E-state index >= 15 is 0 Å². The van der Waals surface area contributed by atoms with Crippen LogP contribution in [0.5, 0.6) is 0 Å². The maximum absolute atomic E-state index is 10.8. The Morgan fingerprint density at radius 3 is 2.75 bits per heavy atom. The van der Waals surface area contributed by atoms with Crippen molar-refractivity contribution in [1.29, 1.82) is 0 Å². The topological polar surface area (TPSA) is 40.5 Å². The fourth-order valence-corrected chi connectivity index (χ4v) is 2.93. The van der Waals surface area contributed by atoms with Crippen LogP contribution in [0.4, 0.5) is 0 Å². The number of piperidine rings is 1. The van der Waals surface area contributed by atoms with Crippen molar-refractivity contribution in [3.05, 3.63) is 0 Å². The lowest BCUT2D eigenvalue weighted by Gasteiger charge is -2.31. The van der Waals surface area contributed by atoms with Gasteiger partial charge in [-0.1, -0.05) is 9.64 Å². The van der Waals surface area contributed by atoms with Crippen molar-refractivity contribution in [2.45, 2.75) is 25.3 Å². The van der Waals surface area contributed by atoms with Crippen LogP contribution in [0, 0.1) is 0 Å². The maximum atomic E-state index is 10.8. The third-order valence-electron chi connectivity index (χ3n) is 2.07. The highest BCUT2D eigenvalue weighted by molar-refractivity contribution is 8.27. The van der Waals surface area contributed by atoms with Gasteiger partial charge in [-0.25, -0.2) is 4.31 Å². The number of rotatable bonds is 2. The van der Waals surface area contributed by atoms with E-state index in [9.17, 15) is 4.79 Å². The Morgan fingerprint density at radius 2 is 2.33 bits per heavy atom. The fourth-order valence-electron chi connectivity index (χ4n) is 1.46. The van der Waals surface area contributed by atoms with Crippen LogP contribution in [-0.2, 0) is 25.6 Å². The molecule has 0 radical (unpaired) electrons. The van der Waals surface area contributed by atoms with Gasteiger partial charge in [0, 0.05) is 12.8 Å². The third-order valence-corrected chi connectivity index (χ3v) is 3.74. The predicted molar refractivity (Wildman–Crippen MR) is 52.6 cm³/mol. The number of hydrogen-bond acceptors (Lipinski definition) is 2. The molecule has 5 heteroatoms. The standard InChI is InChI=1S/C7H13NO2S2/c1-12(11)8-5-3-2-4-6(8)7(9)10/h6H,2-5H2,1H3,(H,9,10)/t6-,12?/m0/s1. The van der Waals surface area contributed by atoms with Gasteiger partial charge in [0.25, 0.3) is 0 Å². The van der Waals surface area contributed by atoms with Crippen LogP contribution in [0.15, 0.2) is 0 Å². The molecule has 1 unspecified atom stereocenters. The number of carboxylic acids is 1. The van der Waals surface area contributed by atoms with Crippen LogP contribution in [0.25, 0.3) is 0 Å². The van der Waals surface area contributed by atoms with Crippen LogP contribution in [0.2, 0.25) is 0 Å². The SMILES string of the molecule is CS(=S)N1CCCC[C@H]1C(=O)O. The van der Waals surface area contributed by atoms with Gasteiger partial charge in [0.05, 0.1) is 0 Å². The molecular formula is C7H13NO2S2. The van der Waals surface area contributed by atoms with E-state index < -0.39 is 5.97 Å². The van der Waals surface area contributed by atoms with E-state index in [4.69, 9.17) is 16.3 Å². The van der Waals surface area contributed by atoms with Crippen LogP contribution in [0.3, 0.4) is 0 Å². The minimum atomic E-state index is -0.723. The monoisotopic (exact) mass is 207 g/mol. The molecule has 1 aliphatic heterocycles. The zero-order valence-electron chi connectivity index (χ0n) is 7.02. The molecule has 0 aliphatic carbocycles. The summed E-state index contributed by atoms with van der Waals surface area (Å²) in [5, 5.41) is 8.87. The first-order chi connectivity index (χ1) is 5.63. The van der Waals surface area contributed by atoms with Crippen molar-refractivity contribution < 1.29 is 9.90 Å². The summed E-state index contributed by atoms with van der Waals surface area (Å²) in [7, 11) is -0.317. The molecule has 1 rings (SSSR count). The van der Waals surface area contributed by atoms with E-state index in [1.807, 2.05) is 10.6 Å². The molecule has 1 fully saturated rings. The zero-order chi connectivity index (χ0) is 9.14. The summed E-state index contributed by atoms with van der Waals surface area (Å²) in [4.78, 5) is 10.8. The minimum absolute atomic E-state index is 0.317. The first kappa shape index (κ1) is 10.1. The predicted octanol–water partition coefficient (Wildman–Crippen LogP) is 0.550. The van der Waals surface area contributed by atoms with Gasteiger partial charge in [0.2, 0.25) is 0 Å². The number of hydrogen-bond donors (Lipinski definition) is 1. The van der Waals surface area contributed by atoms with E-state index in [1.54, 1.807) is 0 Å². The van der Waals surface area contributed by atoms with Gasteiger partial charge >= 0.3 is 5.97 Å². The Balaban J connectivity index is 2.67. The van der Waals surface area contributed by atoms with Crippen molar-refractivity contribution in [1.82, 2.24) is 4.31 Å². The average Bonchev–Trinajstić information content (AvgIpc) is 2.04. The van der Waals surface area contributed by atoms with Crippen LogP contribution >= 0.6 is 0 Å². The molecule has 2 atom stereocenters. The van der Waals surface area contributed by atoms with Crippen LogP contribution in [-0.4, -0.2) is 34.2 Å². The number of nitrogens with zero attached hydrogens (tertiary/aromatic N) is 1. The average molecular weight is 207 g/mol. The van der Waals surface area contributed by atoms with Crippen LogP contribution in [0.1, 0.15) is 19.3 Å². The van der Waals surface area contributed by atoms with Gasteiger partial charge in [0.1, 0.15) is 6.04 Å². The minimum Gasteiger partial charge on any atom is -0.480 e. The first-order valence-electron chi connectivity index (χ1n) is 3.96. The van der Waals surface area contributed by atoms with E-state index in [0.29, 0.717) is 0 Å². The van der Waals surface area contributed by atoms with Crippen molar-refractivity contribution >= 4 is 26.8 Å². The highest BCUT2D eigenvalue weighted by atomic mass is 32.8. The Morgan fingerprint density at radius 1 is 1.67 bits per heavy atom. The van der Waals surface area contributed by atoms with E-state index in [0.717, 1.165) is 25.8 Å². The largest absolute Gasteiger partial charge is 0.480 e. The molecule has 3 nitrogen and oxygen atoms in total. The second-order valence-corrected chi connectivity index (χ2v) is 5.68. The molecule has 70 valence electrons. The fraction of sp³-hybridized carbons (Fsp3) is 0.857. The summed E-state index contributed by atoms with van der Waals surface area (Å²) >= 11 is 5.09. The third kappa shape index (κ3) is 2.24. The molecular weight excluding hydrogens is 194 g/mol. The molecule has 0 aromatic carbocycles. The Bertz CT molecular complexity index is 186. The lowest BCUT2D eigenvalue weighted by Crippen LogP contribution is -2.44. The van der Waals surface area contributed by atoms with E-state index in [-0.39, 0.29) is 15.7 Å². The second kappa shape index (κ2) is 4.30. The Labute approximate surface area is 79.5 Å². The van der Waals surface area contributed by atoms with Crippen molar-refractivity contribution in [3.63, 3.8) is 0 Å². The number of aliphatic carboxylic acids is 1. The molecule has 0 bridgehead atoms. The molecule has 1 N–H and O–H groups in total. The highest BCUT2D eigenvalue weighted by Crippen LogP contribution is 2.18. The highest BCUT2D eigenvalue weighted by Gasteiger charge is 2.28. The summed E-state index contributed by atoms with van der Waals surface area (Å²) in [5.74, 6) is -0.723. The van der Waals surface area contributed by atoms with E-state index in [2.05, 4.69) is 0 Å². The maximum Gasteiger partial charge on any atom is 0.321 e. The van der Waals surface area contributed by atoms with Gasteiger partial charge in [-0.2, -0.15) is 0 Å². The number of carboxylic acid groups (broad SMARTS) is 1. The molecule has 0 aromatic rings. The molecule has 0 aromatic heterocycles. The summed E-state index contributed by atoms with van der Waals surface area (Å²) in [5.41, 5.74) is 0. The Hall–Kier alpha value is -0.000000000000000111. The van der Waals surface area contributed by atoms with Crippen molar-refractivity contribution in [2.75, 3.05) is 12.8 Å². The molecule has 12 heavy (non-hydrogen) atoms. The lowest BCUT2D eigenvalue weighted by molar-refractivity contribution is -0.142. The van der Waals surface area contributed by atoms with Crippen LogP contribution < -0.4 is 0 Å². The molecule has 0 spiro atoms. The normalized spacial score (nSPS) is 28.2. The summed E-state index contributed by atoms with van der Waals surface area (Å²) in [6.07, 6.45) is 4.75. The van der Waals surface area contributed by atoms with Gasteiger partial charge in [-0.05, 0) is 30.5 Å². The summed E-state index contributed by atoms with van der Waals surface area (Å²) in [6.45, 7) is 0.847.